The highest BCUT2D eigenvalue weighted by Crippen LogP contribution is 2.08. The average Bonchev–Trinajstić information content (AvgIpc) is 2.41. The van der Waals surface area contributed by atoms with Crippen LogP contribution in [-0.4, -0.2) is 51.3 Å². The fraction of sp³-hybridized carbons (Fsp3) is 0.938. The first-order valence-electron chi connectivity index (χ1n) is 8.05. The van der Waals surface area contributed by atoms with Gasteiger partial charge in [-0.05, 0) is 20.5 Å². The molecule has 0 aromatic heterocycles. The Morgan fingerprint density at radius 2 is 1.55 bits per heavy atom. The number of rotatable bonds is 14. The number of hydrogen-bond donors (Lipinski definition) is 0. The lowest BCUT2D eigenvalue weighted by molar-refractivity contribution is -0.145. The molecular formula is C16H33NO3. The molecule has 0 spiro atoms. The molecule has 0 saturated heterocycles. The molecule has 0 aliphatic carbocycles. The van der Waals surface area contributed by atoms with Crippen LogP contribution in [0.2, 0.25) is 0 Å². The van der Waals surface area contributed by atoms with Gasteiger partial charge in [0.15, 0.2) is 0 Å². The summed E-state index contributed by atoms with van der Waals surface area (Å²) in [7, 11) is 4.01. The summed E-state index contributed by atoms with van der Waals surface area (Å²) in [6, 6.07) is 0. The van der Waals surface area contributed by atoms with E-state index in [1.165, 1.54) is 32.1 Å². The quantitative estimate of drug-likeness (QED) is 0.363. The molecule has 0 aliphatic heterocycles. The van der Waals surface area contributed by atoms with Crippen molar-refractivity contribution in [1.29, 1.82) is 0 Å². The summed E-state index contributed by atoms with van der Waals surface area (Å²) in [5.74, 6) is -0.0882. The van der Waals surface area contributed by atoms with Crippen LogP contribution in [0.15, 0.2) is 0 Å². The van der Waals surface area contributed by atoms with Crippen LogP contribution in [0.3, 0.4) is 0 Å². The van der Waals surface area contributed by atoms with Crippen molar-refractivity contribution >= 4 is 5.97 Å². The molecule has 0 atom stereocenters. The van der Waals surface area contributed by atoms with Gasteiger partial charge in [-0.15, -0.1) is 0 Å². The average molecular weight is 287 g/mol. The molecule has 0 rings (SSSR count). The van der Waals surface area contributed by atoms with Crippen LogP contribution in [0.4, 0.5) is 0 Å². The van der Waals surface area contributed by atoms with Gasteiger partial charge in [-0.25, -0.2) is 0 Å². The van der Waals surface area contributed by atoms with E-state index in [4.69, 9.17) is 9.47 Å². The highest BCUT2D eigenvalue weighted by Gasteiger charge is 2.02. The van der Waals surface area contributed by atoms with Crippen LogP contribution in [0.25, 0.3) is 0 Å². The predicted molar refractivity (Wildman–Crippen MR) is 82.9 cm³/mol. The van der Waals surface area contributed by atoms with Crippen LogP contribution in [0.5, 0.6) is 0 Å². The third kappa shape index (κ3) is 15.4. The minimum Gasteiger partial charge on any atom is -0.463 e. The van der Waals surface area contributed by atoms with Gasteiger partial charge in [0.1, 0.15) is 6.61 Å². The standard InChI is InChI=1S/C16H33NO3/c1-4-5-6-7-8-9-10-11-16(18)20-15-14-19-13-12-17(2)3/h4-15H2,1-3H3. The first kappa shape index (κ1) is 19.4. The lowest BCUT2D eigenvalue weighted by Gasteiger charge is -2.10. The van der Waals surface area contributed by atoms with Crippen molar-refractivity contribution in [2.24, 2.45) is 0 Å². The van der Waals surface area contributed by atoms with Gasteiger partial charge in [0.05, 0.1) is 13.2 Å². The van der Waals surface area contributed by atoms with E-state index in [-0.39, 0.29) is 5.97 Å². The number of carbonyl (C=O) groups is 1. The Morgan fingerprint density at radius 1 is 0.900 bits per heavy atom. The summed E-state index contributed by atoms with van der Waals surface area (Å²) in [5.41, 5.74) is 0. The molecule has 0 amide bonds. The summed E-state index contributed by atoms with van der Waals surface area (Å²) in [5, 5.41) is 0. The minimum absolute atomic E-state index is 0.0882. The van der Waals surface area contributed by atoms with Crippen molar-refractivity contribution in [2.75, 3.05) is 40.5 Å². The van der Waals surface area contributed by atoms with E-state index in [9.17, 15) is 4.79 Å². The van der Waals surface area contributed by atoms with E-state index < -0.39 is 0 Å². The van der Waals surface area contributed by atoms with Crippen LogP contribution in [0, 0.1) is 0 Å². The third-order valence-corrected chi connectivity index (χ3v) is 3.16. The second-order valence-corrected chi connectivity index (χ2v) is 5.51. The van der Waals surface area contributed by atoms with Crippen LogP contribution in [-0.2, 0) is 14.3 Å². The van der Waals surface area contributed by atoms with Crippen LogP contribution >= 0.6 is 0 Å². The number of carbonyl (C=O) groups excluding carboxylic acids is 1. The van der Waals surface area contributed by atoms with Gasteiger partial charge in [-0.3, -0.25) is 4.79 Å². The summed E-state index contributed by atoms with van der Waals surface area (Å²) in [4.78, 5) is 13.5. The molecule has 0 N–H and O–H groups in total. The molecule has 0 aromatic carbocycles. The Bertz CT molecular complexity index is 220. The van der Waals surface area contributed by atoms with E-state index in [1.807, 2.05) is 14.1 Å². The molecule has 120 valence electrons. The summed E-state index contributed by atoms with van der Waals surface area (Å²) in [6.07, 6.45) is 9.10. The van der Waals surface area contributed by atoms with Gasteiger partial charge in [0, 0.05) is 13.0 Å². The topological polar surface area (TPSA) is 38.8 Å². The summed E-state index contributed by atoms with van der Waals surface area (Å²) < 4.78 is 10.5. The first-order chi connectivity index (χ1) is 9.66. The highest BCUT2D eigenvalue weighted by atomic mass is 16.6. The number of ether oxygens (including phenoxy) is 2. The van der Waals surface area contributed by atoms with Gasteiger partial charge >= 0.3 is 5.97 Å². The Labute approximate surface area is 124 Å². The maximum absolute atomic E-state index is 11.4. The van der Waals surface area contributed by atoms with Crippen molar-refractivity contribution in [3.05, 3.63) is 0 Å². The number of nitrogens with zero attached hydrogens (tertiary/aromatic N) is 1. The molecule has 0 aliphatic rings. The second kappa shape index (κ2) is 14.8. The smallest absolute Gasteiger partial charge is 0.305 e. The van der Waals surface area contributed by atoms with Crippen molar-refractivity contribution in [1.82, 2.24) is 4.90 Å². The van der Waals surface area contributed by atoms with Crippen molar-refractivity contribution < 1.29 is 14.3 Å². The van der Waals surface area contributed by atoms with Crippen molar-refractivity contribution in [3.8, 4) is 0 Å². The van der Waals surface area contributed by atoms with Gasteiger partial charge in [0.25, 0.3) is 0 Å². The fourth-order valence-electron chi connectivity index (χ4n) is 1.86. The molecule has 0 aromatic rings. The zero-order valence-electron chi connectivity index (χ0n) is 13.7. The van der Waals surface area contributed by atoms with Gasteiger partial charge in [-0.1, -0.05) is 45.4 Å². The van der Waals surface area contributed by atoms with E-state index in [0.717, 1.165) is 19.4 Å². The molecule has 20 heavy (non-hydrogen) atoms. The minimum atomic E-state index is -0.0882. The molecule has 0 heterocycles. The van der Waals surface area contributed by atoms with Crippen molar-refractivity contribution in [3.63, 3.8) is 0 Å². The maximum atomic E-state index is 11.4. The Balaban J connectivity index is 3.17. The first-order valence-corrected chi connectivity index (χ1v) is 8.05. The largest absolute Gasteiger partial charge is 0.463 e. The monoisotopic (exact) mass is 287 g/mol. The lowest BCUT2D eigenvalue weighted by Crippen LogP contribution is -2.19. The number of esters is 1. The second-order valence-electron chi connectivity index (χ2n) is 5.51. The SMILES string of the molecule is CCCCCCCCCC(=O)OCCOCCN(C)C. The van der Waals surface area contributed by atoms with E-state index in [2.05, 4.69) is 11.8 Å². The van der Waals surface area contributed by atoms with Crippen LogP contribution in [0.1, 0.15) is 58.3 Å². The molecule has 4 heteroatoms. The summed E-state index contributed by atoms with van der Waals surface area (Å²) >= 11 is 0. The zero-order chi connectivity index (χ0) is 15.1. The van der Waals surface area contributed by atoms with Crippen molar-refractivity contribution in [2.45, 2.75) is 58.3 Å². The Hall–Kier alpha value is -0.610. The van der Waals surface area contributed by atoms with Crippen LogP contribution < -0.4 is 0 Å². The van der Waals surface area contributed by atoms with Gasteiger partial charge in [-0.2, -0.15) is 0 Å². The van der Waals surface area contributed by atoms with E-state index >= 15 is 0 Å². The Morgan fingerprint density at radius 3 is 2.20 bits per heavy atom. The number of unbranched alkanes of at least 4 members (excludes halogenated alkanes) is 6. The molecular weight excluding hydrogens is 254 g/mol. The molecule has 4 nitrogen and oxygen atoms in total. The van der Waals surface area contributed by atoms with E-state index in [0.29, 0.717) is 26.2 Å². The number of likely N-dealkylation sites (N-methyl/N-ethyl adjacent to an activating group) is 1. The zero-order valence-corrected chi connectivity index (χ0v) is 13.7. The van der Waals surface area contributed by atoms with Gasteiger partial charge < -0.3 is 14.4 Å². The highest BCUT2D eigenvalue weighted by molar-refractivity contribution is 5.69. The maximum Gasteiger partial charge on any atom is 0.305 e. The van der Waals surface area contributed by atoms with E-state index in [1.54, 1.807) is 0 Å². The molecule has 0 unspecified atom stereocenters. The normalized spacial score (nSPS) is 11.0. The fourth-order valence-corrected chi connectivity index (χ4v) is 1.86. The van der Waals surface area contributed by atoms with Gasteiger partial charge in [0.2, 0.25) is 0 Å². The molecule has 0 bridgehead atoms. The molecule has 0 saturated carbocycles. The number of hydrogen-bond acceptors (Lipinski definition) is 4. The lowest BCUT2D eigenvalue weighted by atomic mass is 10.1. The summed E-state index contributed by atoms with van der Waals surface area (Å²) in [6.45, 7) is 4.67. The molecule has 0 fully saturated rings. The predicted octanol–water partition coefficient (Wildman–Crippen LogP) is 3.25. The molecule has 0 radical (unpaired) electrons. The Kier molecular flexibility index (Phi) is 14.3. The third-order valence-electron chi connectivity index (χ3n) is 3.16.